The van der Waals surface area contributed by atoms with E-state index in [2.05, 4.69) is 16.4 Å². The molecule has 1 saturated heterocycles. The average molecular weight is 608 g/mol. The van der Waals surface area contributed by atoms with Gasteiger partial charge in [0, 0.05) is 42.5 Å². The van der Waals surface area contributed by atoms with Gasteiger partial charge in [-0.1, -0.05) is 17.7 Å². The number of nitro groups is 1. The molecule has 0 spiro atoms. The quantitative estimate of drug-likeness (QED) is 0.0967. The van der Waals surface area contributed by atoms with Crippen molar-refractivity contribution < 1.29 is 19.1 Å². The van der Waals surface area contributed by atoms with E-state index in [1.54, 1.807) is 26.5 Å². The molecule has 0 unspecified atom stereocenters. The number of ether oxygens (including phenoxy) is 3. The number of nitrogens with one attached hydrogen (secondary N) is 1. The van der Waals surface area contributed by atoms with Crippen LogP contribution in [0.15, 0.2) is 66.9 Å². The van der Waals surface area contributed by atoms with Crippen molar-refractivity contribution in [2.24, 2.45) is 0 Å². The number of benzene rings is 2. The fraction of sp³-hybridized carbons (Fsp3) is 0.267. The van der Waals surface area contributed by atoms with Crippen LogP contribution < -0.4 is 19.7 Å². The maximum Gasteiger partial charge on any atom is 0.271 e. The number of methoxy groups -OCH3 is 2. The summed E-state index contributed by atoms with van der Waals surface area (Å²) >= 11 is 12.5. The number of pyridine rings is 1. The molecule has 12 heteroatoms. The van der Waals surface area contributed by atoms with Gasteiger partial charge in [-0.3, -0.25) is 15.1 Å². The van der Waals surface area contributed by atoms with E-state index in [0.717, 1.165) is 28.3 Å². The van der Waals surface area contributed by atoms with Gasteiger partial charge in [0.1, 0.15) is 18.1 Å². The number of nitrogens with zero attached hydrogens (tertiary/aromatic N) is 4. The first-order valence-electron chi connectivity index (χ1n) is 13.2. The average Bonchev–Trinajstić information content (AvgIpc) is 3.48. The van der Waals surface area contributed by atoms with Gasteiger partial charge in [-0.25, -0.2) is 0 Å². The van der Waals surface area contributed by atoms with Crippen molar-refractivity contribution in [2.75, 3.05) is 32.3 Å². The molecule has 3 heterocycles. The molecule has 0 aliphatic carbocycles. The van der Waals surface area contributed by atoms with Crippen LogP contribution in [0.1, 0.15) is 34.7 Å². The highest BCUT2D eigenvalue weighted by Gasteiger charge is 2.42. The number of aromatic nitrogens is 2. The fourth-order valence-corrected chi connectivity index (χ4v) is 5.94. The van der Waals surface area contributed by atoms with Crippen LogP contribution in [-0.4, -0.2) is 47.0 Å². The number of halogens is 1. The summed E-state index contributed by atoms with van der Waals surface area (Å²) in [7, 11) is 3.16. The number of thiocarbonyl (C=S) groups is 1. The molecule has 0 bridgehead atoms. The number of hydrogen-bond donors (Lipinski definition) is 1. The molecule has 1 N–H and O–H groups in total. The molecule has 1 aliphatic rings. The summed E-state index contributed by atoms with van der Waals surface area (Å²) in [5, 5.41) is 16.0. The Morgan fingerprint density at radius 2 is 1.86 bits per heavy atom. The maximum absolute atomic E-state index is 11.6. The standard InChI is InChI=1S/C30H30ClN5O5S/c1-18-15-22(19(2)34(18)25-17-21(36(37)38)9-11-27(25)40-4)29-28(24-7-5-6-12-32-24)33-30(42)35(29)20-8-10-26(23(31)16-20)41-14-13-39-3/h5-12,15-17,28-29H,13-14H2,1-4H3,(H,33,42)/t28-,29-/m1/s1. The van der Waals surface area contributed by atoms with E-state index >= 15 is 0 Å². The van der Waals surface area contributed by atoms with Crippen LogP contribution in [0.25, 0.3) is 5.69 Å². The molecule has 2 atom stereocenters. The SMILES string of the molecule is COCCOc1ccc(N2C(=S)N[C@H](c3ccccn3)[C@H]2c2cc(C)n(-c3cc([N+](=O)[O-])ccc3OC)c2C)cc1Cl. The second-order valence-corrected chi connectivity index (χ2v) is 10.5. The summed E-state index contributed by atoms with van der Waals surface area (Å²) < 4.78 is 18.4. The second-order valence-electron chi connectivity index (χ2n) is 9.73. The third-order valence-electron chi connectivity index (χ3n) is 7.24. The zero-order valence-corrected chi connectivity index (χ0v) is 25.1. The Labute approximate surface area is 253 Å². The predicted octanol–water partition coefficient (Wildman–Crippen LogP) is 6.26. The summed E-state index contributed by atoms with van der Waals surface area (Å²) in [6.07, 6.45) is 1.75. The lowest BCUT2D eigenvalue weighted by Crippen LogP contribution is -2.29. The maximum atomic E-state index is 11.6. The van der Waals surface area contributed by atoms with E-state index in [0.29, 0.717) is 40.5 Å². The third-order valence-corrected chi connectivity index (χ3v) is 7.85. The molecule has 0 saturated carbocycles. The summed E-state index contributed by atoms with van der Waals surface area (Å²) in [5.74, 6) is 1.06. The minimum absolute atomic E-state index is 0.0287. The molecular formula is C30H30ClN5O5S. The van der Waals surface area contributed by atoms with Crippen LogP contribution in [-0.2, 0) is 4.74 Å². The molecule has 2 aromatic carbocycles. The summed E-state index contributed by atoms with van der Waals surface area (Å²) in [6, 6.07) is 17.3. The lowest BCUT2D eigenvalue weighted by molar-refractivity contribution is -0.384. The van der Waals surface area contributed by atoms with Crippen LogP contribution in [0.2, 0.25) is 5.02 Å². The number of anilines is 1. The van der Waals surface area contributed by atoms with Gasteiger partial charge in [-0.15, -0.1) is 0 Å². The first-order chi connectivity index (χ1) is 20.2. The van der Waals surface area contributed by atoms with Gasteiger partial charge in [0.05, 0.1) is 47.1 Å². The Kier molecular flexibility index (Phi) is 8.62. The predicted molar refractivity (Wildman–Crippen MR) is 165 cm³/mol. The van der Waals surface area contributed by atoms with Gasteiger partial charge < -0.3 is 29.0 Å². The van der Waals surface area contributed by atoms with Crippen LogP contribution in [0.5, 0.6) is 11.5 Å². The smallest absolute Gasteiger partial charge is 0.271 e. The van der Waals surface area contributed by atoms with E-state index in [-0.39, 0.29) is 17.8 Å². The molecule has 5 rings (SSSR count). The molecular weight excluding hydrogens is 578 g/mol. The van der Waals surface area contributed by atoms with Crippen LogP contribution in [0.4, 0.5) is 11.4 Å². The Morgan fingerprint density at radius 3 is 2.52 bits per heavy atom. The van der Waals surface area contributed by atoms with Crippen LogP contribution in [0.3, 0.4) is 0 Å². The molecule has 2 aromatic heterocycles. The minimum atomic E-state index is -0.414. The topological polar surface area (TPSA) is 104 Å². The Hall–Kier alpha value is -4.19. The van der Waals surface area contributed by atoms with Crippen LogP contribution in [0, 0.1) is 24.0 Å². The largest absolute Gasteiger partial charge is 0.495 e. The first-order valence-corrected chi connectivity index (χ1v) is 14.0. The van der Waals surface area contributed by atoms with Gasteiger partial charge in [-0.05, 0) is 74.1 Å². The molecule has 42 heavy (non-hydrogen) atoms. The molecule has 1 aliphatic heterocycles. The van der Waals surface area contributed by atoms with E-state index in [1.165, 1.54) is 12.1 Å². The van der Waals surface area contributed by atoms with Gasteiger partial charge in [0.15, 0.2) is 5.11 Å². The molecule has 4 aromatic rings. The number of rotatable bonds is 10. The van der Waals surface area contributed by atoms with Crippen molar-refractivity contribution in [1.82, 2.24) is 14.9 Å². The Balaban J connectivity index is 1.64. The van der Waals surface area contributed by atoms with Crippen molar-refractivity contribution in [3.63, 3.8) is 0 Å². The molecule has 10 nitrogen and oxygen atoms in total. The van der Waals surface area contributed by atoms with E-state index in [9.17, 15) is 10.1 Å². The Bertz CT molecular complexity index is 1630. The highest BCUT2D eigenvalue weighted by molar-refractivity contribution is 7.80. The monoisotopic (exact) mass is 607 g/mol. The molecule has 0 amide bonds. The second kappa shape index (κ2) is 12.4. The third kappa shape index (κ3) is 5.50. The molecule has 1 fully saturated rings. The molecule has 0 radical (unpaired) electrons. The van der Waals surface area contributed by atoms with Crippen molar-refractivity contribution in [2.45, 2.75) is 25.9 Å². The normalized spacial score (nSPS) is 16.4. The number of hydrogen-bond acceptors (Lipinski definition) is 7. The first kappa shape index (κ1) is 29.3. The molecule has 218 valence electrons. The van der Waals surface area contributed by atoms with Crippen molar-refractivity contribution in [3.8, 4) is 17.2 Å². The number of aryl methyl sites for hydroxylation is 1. The number of non-ortho nitro benzene ring substituents is 1. The van der Waals surface area contributed by atoms with Crippen molar-refractivity contribution in [3.05, 3.63) is 105 Å². The van der Waals surface area contributed by atoms with Gasteiger partial charge in [0.25, 0.3) is 5.69 Å². The fourth-order valence-electron chi connectivity index (χ4n) is 5.37. The highest BCUT2D eigenvalue weighted by Crippen LogP contribution is 2.45. The van der Waals surface area contributed by atoms with Gasteiger partial charge >= 0.3 is 0 Å². The lowest BCUT2D eigenvalue weighted by atomic mass is 9.96. The highest BCUT2D eigenvalue weighted by atomic mass is 35.5. The number of nitro benzene ring substituents is 1. The van der Waals surface area contributed by atoms with Gasteiger partial charge in [-0.2, -0.15) is 0 Å². The van der Waals surface area contributed by atoms with E-state index in [1.807, 2.05) is 59.7 Å². The summed E-state index contributed by atoms with van der Waals surface area (Å²) in [4.78, 5) is 17.9. The van der Waals surface area contributed by atoms with E-state index in [4.69, 9.17) is 38.0 Å². The van der Waals surface area contributed by atoms with Crippen LogP contribution >= 0.6 is 23.8 Å². The minimum Gasteiger partial charge on any atom is -0.495 e. The summed E-state index contributed by atoms with van der Waals surface area (Å²) in [5.41, 5.74) is 4.84. The van der Waals surface area contributed by atoms with Crippen molar-refractivity contribution >= 4 is 40.3 Å². The zero-order valence-electron chi connectivity index (χ0n) is 23.5. The lowest BCUT2D eigenvalue weighted by Gasteiger charge is -2.28. The summed E-state index contributed by atoms with van der Waals surface area (Å²) in [6.45, 7) is 4.75. The van der Waals surface area contributed by atoms with Gasteiger partial charge in [0.2, 0.25) is 0 Å². The van der Waals surface area contributed by atoms with Crippen molar-refractivity contribution in [1.29, 1.82) is 0 Å². The zero-order chi connectivity index (χ0) is 30.0. The Morgan fingerprint density at radius 1 is 1.07 bits per heavy atom. The van der Waals surface area contributed by atoms with E-state index < -0.39 is 4.92 Å².